The van der Waals surface area contributed by atoms with Crippen LogP contribution in [0.1, 0.15) is 26.7 Å². The van der Waals surface area contributed by atoms with E-state index in [1.165, 1.54) is 14.2 Å². The van der Waals surface area contributed by atoms with Crippen molar-refractivity contribution in [1.29, 1.82) is 0 Å². The standard InChI is InChI=1S/2C4H10O2.Zn/c2*1-3-4(5)6-2;/h2*4-5H,3H2,1-2H3;. The Balaban J connectivity index is -0.000000143. The molecule has 2 atom stereocenters. The van der Waals surface area contributed by atoms with E-state index < -0.39 is 12.6 Å². The molecule has 78 valence electrons. The molecule has 0 saturated heterocycles. The van der Waals surface area contributed by atoms with Crippen LogP contribution in [0.15, 0.2) is 0 Å². The zero-order valence-corrected chi connectivity index (χ0v) is 12.0. The molecule has 4 nitrogen and oxygen atoms in total. The summed E-state index contributed by atoms with van der Waals surface area (Å²) in [5, 5.41) is 16.9. The maximum atomic E-state index is 8.44. The van der Waals surface area contributed by atoms with Gasteiger partial charge in [-0.3, -0.25) is 0 Å². The average Bonchev–Trinajstić information content (AvgIpc) is 2.16. The van der Waals surface area contributed by atoms with E-state index in [1.54, 1.807) is 0 Å². The number of methoxy groups -OCH3 is 2. The van der Waals surface area contributed by atoms with Crippen LogP contribution in [0.3, 0.4) is 0 Å². The van der Waals surface area contributed by atoms with Gasteiger partial charge in [-0.2, -0.15) is 0 Å². The molecule has 0 aliphatic rings. The molecule has 0 aliphatic carbocycles. The Morgan fingerprint density at radius 3 is 1.15 bits per heavy atom. The van der Waals surface area contributed by atoms with E-state index in [0.29, 0.717) is 12.8 Å². The van der Waals surface area contributed by atoms with E-state index in [0.717, 1.165) is 0 Å². The van der Waals surface area contributed by atoms with Gasteiger partial charge in [-0.05, 0) is 12.8 Å². The third kappa shape index (κ3) is 19.0. The normalized spacial score (nSPS) is 13.4. The predicted octanol–water partition coefficient (Wildman–Crippen LogP) is 0.720. The second-order valence-corrected chi connectivity index (χ2v) is 2.20. The molecule has 2 unspecified atom stereocenters. The number of aliphatic hydroxyl groups excluding tert-OH is 2. The van der Waals surface area contributed by atoms with Crippen LogP contribution in [0, 0.1) is 0 Å². The number of hydrogen-bond acceptors (Lipinski definition) is 4. The van der Waals surface area contributed by atoms with E-state index in [2.05, 4.69) is 9.47 Å². The quantitative estimate of drug-likeness (QED) is 0.566. The van der Waals surface area contributed by atoms with E-state index in [4.69, 9.17) is 10.2 Å². The van der Waals surface area contributed by atoms with Gasteiger partial charge >= 0.3 is 0 Å². The summed E-state index contributed by atoms with van der Waals surface area (Å²) in [6.45, 7) is 3.71. The molecular weight excluding hydrogens is 225 g/mol. The van der Waals surface area contributed by atoms with Crippen molar-refractivity contribution in [3.8, 4) is 0 Å². The summed E-state index contributed by atoms with van der Waals surface area (Å²) in [7, 11) is 2.96. The van der Waals surface area contributed by atoms with Crippen molar-refractivity contribution in [2.75, 3.05) is 14.2 Å². The Bertz CT molecular complexity index is 64.5. The van der Waals surface area contributed by atoms with Crippen molar-refractivity contribution in [3.63, 3.8) is 0 Å². The Hall–Kier alpha value is 0.463. The average molecular weight is 246 g/mol. The van der Waals surface area contributed by atoms with Crippen LogP contribution in [0.2, 0.25) is 0 Å². The van der Waals surface area contributed by atoms with E-state index in [1.807, 2.05) is 13.8 Å². The van der Waals surface area contributed by atoms with E-state index in [9.17, 15) is 0 Å². The minimum absolute atomic E-state index is 0. The number of rotatable bonds is 4. The molecule has 0 aromatic carbocycles. The molecule has 0 radical (unpaired) electrons. The van der Waals surface area contributed by atoms with Crippen LogP contribution < -0.4 is 0 Å². The Kier molecular flexibility index (Phi) is 22.0. The molecular formula is C8H20O4Zn. The molecule has 0 saturated carbocycles. The molecule has 0 aromatic heterocycles. The topological polar surface area (TPSA) is 58.9 Å². The van der Waals surface area contributed by atoms with Crippen LogP contribution in [-0.2, 0) is 29.0 Å². The summed E-state index contributed by atoms with van der Waals surface area (Å²) >= 11 is 0. The Labute approximate surface area is 93.0 Å². The SMILES string of the molecule is CCC(O)OC.CCC(O)OC.[Zn]. The molecule has 0 spiro atoms. The fraction of sp³-hybridized carbons (Fsp3) is 1.00. The third-order valence-electron chi connectivity index (χ3n) is 1.24. The van der Waals surface area contributed by atoms with Crippen molar-refractivity contribution >= 4 is 0 Å². The molecule has 0 heterocycles. The van der Waals surface area contributed by atoms with Gasteiger partial charge < -0.3 is 19.7 Å². The second kappa shape index (κ2) is 15.0. The Morgan fingerprint density at radius 1 is 0.923 bits per heavy atom. The first-order valence-corrected chi connectivity index (χ1v) is 4.04. The van der Waals surface area contributed by atoms with Gasteiger partial charge in [-0.25, -0.2) is 0 Å². The molecule has 0 bridgehead atoms. The van der Waals surface area contributed by atoms with Gasteiger partial charge in [0.1, 0.15) is 0 Å². The van der Waals surface area contributed by atoms with Gasteiger partial charge in [0, 0.05) is 33.7 Å². The molecule has 0 rings (SSSR count). The fourth-order valence-corrected chi connectivity index (χ4v) is 0.333. The van der Waals surface area contributed by atoms with Crippen molar-refractivity contribution < 1.29 is 39.2 Å². The monoisotopic (exact) mass is 244 g/mol. The third-order valence-corrected chi connectivity index (χ3v) is 1.24. The first-order valence-electron chi connectivity index (χ1n) is 4.04. The minimum atomic E-state index is -0.565. The van der Waals surface area contributed by atoms with Crippen LogP contribution >= 0.6 is 0 Å². The molecule has 0 aliphatic heterocycles. The van der Waals surface area contributed by atoms with E-state index >= 15 is 0 Å². The van der Waals surface area contributed by atoms with Gasteiger partial charge in [-0.1, -0.05) is 13.8 Å². The zero-order valence-electron chi connectivity index (χ0n) is 8.99. The van der Waals surface area contributed by atoms with Gasteiger partial charge in [0.15, 0.2) is 12.6 Å². The van der Waals surface area contributed by atoms with Crippen LogP contribution in [-0.4, -0.2) is 37.0 Å². The number of aliphatic hydroxyl groups is 2. The Morgan fingerprint density at radius 2 is 1.15 bits per heavy atom. The maximum absolute atomic E-state index is 8.44. The summed E-state index contributed by atoms with van der Waals surface area (Å²) in [6, 6.07) is 0. The van der Waals surface area contributed by atoms with Crippen LogP contribution in [0.25, 0.3) is 0 Å². The molecule has 5 heteroatoms. The summed E-state index contributed by atoms with van der Waals surface area (Å²) in [6.07, 6.45) is 0.197. The summed E-state index contributed by atoms with van der Waals surface area (Å²) in [5.74, 6) is 0. The smallest absolute Gasteiger partial charge is 0.153 e. The van der Waals surface area contributed by atoms with E-state index in [-0.39, 0.29) is 19.5 Å². The number of ether oxygens (including phenoxy) is 2. The largest absolute Gasteiger partial charge is 0.368 e. The number of hydrogen-bond donors (Lipinski definition) is 2. The summed E-state index contributed by atoms with van der Waals surface area (Å²) in [4.78, 5) is 0. The maximum Gasteiger partial charge on any atom is 0.153 e. The second-order valence-electron chi connectivity index (χ2n) is 2.20. The minimum Gasteiger partial charge on any atom is -0.368 e. The molecule has 0 aromatic rings. The van der Waals surface area contributed by atoms with Gasteiger partial charge in [0.05, 0.1) is 0 Å². The van der Waals surface area contributed by atoms with Crippen LogP contribution in [0.5, 0.6) is 0 Å². The zero-order chi connectivity index (χ0) is 9.98. The molecule has 2 N–H and O–H groups in total. The fourth-order valence-electron chi connectivity index (χ4n) is 0.333. The predicted molar refractivity (Wildman–Crippen MR) is 46.6 cm³/mol. The van der Waals surface area contributed by atoms with Gasteiger partial charge in [0.2, 0.25) is 0 Å². The van der Waals surface area contributed by atoms with Crippen molar-refractivity contribution in [1.82, 2.24) is 0 Å². The van der Waals surface area contributed by atoms with Crippen molar-refractivity contribution in [3.05, 3.63) is 0 Å². The molecule has 0 fully saturated rings. The van der Waals surface area contributed by atoms with Crippen LogP contribution in [0.4, 0.5) is 0 Å². The van der Waals surface area contributed by atoms with Crippen molar-refractivity contribution in [2.24, 2.45) is 0 Å². The molecule has 0 amide bonds. The van der Waals surface area contributed by atoms with Crippen molar-refractivity contribution in [2.45, 2.75) is 39.3 Å². The van der Waals surface area contributed by atoms with Gasteiger partial charge in [-0.15, -0.1) is 0 Å². The first kappa shape index (κ1) is 19.1. The summed E-state index contributed by atoms with van der Waals surface area (Å²) in [5.41, 5.74) is 0. The summed E-state index contributed by atoms with van der Waals surface area (Å²) < 4.78 is 8.91. The first-order chi connectivity index (χ1) is 5.62. The molecule has 13 heavy (non-hydrogen) atoms. The van der Waals surface area contributed by atoms with Gasteiger partial charge in [0.25, 0.3) is 0 Å².